The van der Waals surface area contributed by atoms with Crippen LogP contribution in [0.3, 0.4) is 0 Å². The quantitative estimate of drug-likeness (QED) is 0.532. The number of H-pyrrole nitrogens is 1. The lowest BCUT2D eigenvalue weighted by Crippen LogP contribution is -3.00. The number of benzene rings is 3. The molecule has 0 atom stereocenters. The molecule has 0 amide bonds. The highest BCUT2D eigenvalue weighted by Crippen LogP contribution is 2.37. The summed E-state index contributed by atoms with van der Waals surface area (Å²) in [6.45, 7) is 2.14. The molecular formula is C24H19ClN2. The van der Waals surface area contributed by atoms with Gasteiger partial charge < -0.3 is 17.4 Å². The van der Waals surface area contributed by atoms with E-state index in [4.69, 9.17) is 0 Å². The molecule has 0 saturated heterocycles. The Balaban J connectivity index is 0.00000180. The molecule has 0 fully saturated rings. The molecule has 2 nitrogen and oxygen atoms in total. The Bertz CT molecular complexity index is 1200. The molecule has 132 valence electrons. The number of nitrogens with one attached hydrogen (secondary N) is 2. The van der Waals surface area contributed by atoms with E-state index in [1.54, 1.807) is 0 Å². The summed E-state index contributed by atoms with van der Waals surface area (Å²) in [6.07, 6.45) is 4.26. The second-order valence-corrected chi connectivity index (χ2v) is 6.74. The molecule has 1 aliphatic heterocycles. The molecule has 1 aromatic heterocycles. The third kappa shape index (κ3) is 2.88. The van der Waals surface area contributed by atoms with Crippen LogP contribution < -0.4 is 17.4 Å². The average molecular weight is 371 g/mol. The topological polar surface area (TPSA) is 29.8 Å². The molecule has 0 aliphatic carbocycles. The van der Waals surface area contributed by atoms with Crippen LogP contribution in [0.5, 0.6) is 0 Å². The zero-order valence-electron chi connectivity index (χ0n) is 15.0. The third-order valence-corrected chi connectivity index (χ3v) is 5.02. The van der Waals surface area contributed by atoms with E-state index < -0.39 is 0 Å². The summed E-state index contributed by atoms with van der Waals surface area (Å²) in [6, 6.07) is 25.7. The van der Waals surface area contributed by atoms with Gasteiger partial charge in [0.2, 0.25) is 5.69 Å². The predicted octanol–water partition coefficient (Wildman–Crippen LogP) is 1.24. The fourth-order valence-electron chi connectivity index (χ4n) is 3.81. The molecule has 0 saturated carbocycles. The summed E-state index contributed by atoms with van der Waals surface area (Å²) in [5.74, 6) is 0. The van der Waals surface area contributed by atoms with E-state index >= 15 is 0 Å². The number of halogens is 1. The number of rotatable bonds is 2. The van der Waals surface area contributed by atoms with Crippen molar-refractivity contribution in [3.63, 3.8) is 0 Å². The smallest absolute Gasteiger partial charge is 0.211 e. The van der Waals surface area contributed by atoms with Crippen LogP contribution in [0.1, 0.15) is 22.3 Å². The zero-order valence-corrected chi connectivity index (χ0v) is 15.7. The van der Waals surface area contributed by atoms with Gasteiger partial charge in [-0.25, -0.2) is 4.99 Å². The number of aromatic amines is 1. The lowest BCUT2D eigenvalue weighted by atomic mass is 9.89. The third-order valence-electron chi connectivity index (χ3n) is 5.02. The van der Waals surface area contributed by atoms with Crippen molar-refractivity contribution < 1.29 is 17.4 Å². The number of hydrogen-bond acceptors (Lipinski definition) is 0. The first-order valence-electron chi connectivity index (χ1n) is 8.88. The first-order valence-corrected chi connectivity index (χ1v) is 8.88. The van der Waals surface area contributed by atoms with Crippen LogP contribution in [0.25, 0.3) is 22.0 Å². The van der Waals surface area contributed by atoms with E-state index in [-0.39, 0.29) is 12.4 Å². The SMILES string of the molecule is Cc1cccc(C(=C2C=[NH+]c3ccccc32)c2c[nH]c3ccccc23)c1.[Cl-]. The van der Waals surface area contributed by atoms with Gasteiger partial charge in [-0.05, 0) is 24.6 Å². The number of fused-ring (bicyclic) bond motifs is 2. The number of allylic oxidation sites excluding steroid dienone is 1. The molecule has 3 aromatic carbocycles. The maximum atomic E-state index is 3.43. The van der Waals surface area contributed by atoms with Crippen LogP contribution in [0, 0.1) is 6.92 Å². The molecule has 0 bridgehead atoms. The zero-order chi connectivity index (χ0) is 17.5. The van der Waals surface area contributed by atoms with Crippen LogP contribution in [-0.4, -0.2) is 11.2 Å². The second-order valence-electron chi connectivity index (χ2n) is 6.74. The van der Waals surface area contributed by atoms with Crippen molar-refractivity contribution in [3.05, 3.63) is 101 Å². The van der Waals surface area contributed by atoms with Gasteiger partial charge in [0.25, 0.3) is 0 Å². The van der Waals surface area contributed by atoms with Gasteiger partial charge >= 0.3 is 0 Å². The summed E-state index contributed by atoms with van der Waals surface area (Å²) in [5, 5.41) is 1.24. The van der Waals surface area contributed by atoms with Gasteiger partial charge in [0.15, 0.2) is 6.21 Å². The molecule has 0 radical (unpaired) electrons. The predicted molar refractivity (Wildman–Crippen MR) is 109 cm³/mol. The van der Waals surface area contributed by atoms with Crippen LogP contribution in [0.15, 0.2) is 79.0 Å². The first-order chi connectivity index (χ1) is 12.8. The number of hydrogen-bond donors (Lipinski definition) is 2. The van der Waals surface area contributed by atoms with Crippen molar-refractivity contribution in [2.24, 2.45) is 0 Å². The highest BCUT2D eigenvalue weighted by Gasteiger charge is 2.24. The van der Waals surface area contributed by atoms with Gasteiger partial charge in [0.1, 0.15) is 0 Å². The van der Waals surface area contributed by atoms with Gasteiger partial charge in [-0.2, -0.15) is 0 Å². The van der Waals surface area contributed by atoms with E-state index in [0.717, 1.165) is 11.2 Å². The van der Waals surface area contributed by atoms with Crippen molar-refractivity contribution in [2.75, 3.05) is 0 Å². The van der Waals surface area contributed by atoms with Crippen molar-refractivity contribution in [2.45, 2.75) is 6.92 Å². The summed E-state index contributed by atoms with van der Waals surface area (Å²) < 4.78 is 0. The Labute approximate surface area is 164 Å². The fourth-order valence-corrected chi connectivity index (χ4v) is 3.81. The van der Waals surface area contributed by atoms with E-state index in [9.17, 15) is 0 Å². The fraction of sp³-hybridized carbons (Fsp3) is 0.0417. The Morgan fingerprint density at radius 1 is 0.889 bits per heavy atom. The van der Waals surface area contributed by atoms with Crippen molar-refractivity contribution in [1.29, 1.82) is 0 Å². The molecule has 1 aliphatic rings. The molecule has 2 N–H and O–H groups in total. The normalized spacial score (nSPS) is 14.1. The molecule has 27 heavy (non-hydrogen) atoms. The summed E-state index contributed by atoms with van der Waals surface area (Å²) in [7, 11) is 0. The Hall–Kier alpha value is -3.10. The number of aryl methyl sites for hydroxylation is 1. The van der Waals surface area contributed by atoms with Gasteiger partial charge in [-0.15, -0.1) is 0 Å². The molecule has 4 aromatic rings. The lowest BCUT2D eigenvalue weighted by molar-refractivity contribution is -0.342. The highest BCUT2D eigenvalue weighted by molar-refractivity contribution is 6.24. The van der Waals surface area contributed by atoms with Crippen LogP contribution in [0.2, 0.25) is 0 Å². The minimum absolute atomic E-state index is 0. The molecule has 2 heterocycles. The lowest BCUT2D eigenvalue weighted by Gasteiger charge is -2.11. The Kier molecular flexibility index (Phi) is 4.43. The highest BCUT2D eigenvalue weighted by atomic mass is 35.5. The first kappa shape index (κ1) is 17.3. The minimum Gasteiger partial charge on any atom is -1.00 e. The monoisotopic (exact) mass is 370 g/mol. The summed E-state index contributed by atoms with van der Waals surface area (Å²) in [5.41, 5.74) is 9.78. The molecular weight excluding hydrogens is 352 g/mol. The maximum Gasteiger partial charge on any atom is 0.211 e. The van der Waals surface area contributed by atoms with E-state index in [2.05, 4.69) is 102 Å². The van der Waals surface area contributed by atoms with E-state index in [0.29, 0.717) is 0 Å². The molecule has 0 spiro atoms. The molecule has 3 heteroatoms. The number of para-hydroxylation sites is 2. The summed E-state index contributed by atoms with van der Waals surface area (Å²) >= 11 is 0. The van der Waals surface area contributed by atoms with Gasteiger partial charge in [-0.3, -0.25) is 0 Å². The van der Waals surface area contributed by atoms with E-state index in [1.165, 1.54) is 38.8 Å². The van der Waals surface area contributed by atoms with Crippen LogP contribution >= 0.6 is 0 Å². The minimum atomic E-state index is 0. The van der Waals surface area contributed by atoms with Crippen LogP contribution in [-0.2, 0) is 0 Å². The van der Waals surface area contributed by atoms with Gasteiger partial charge in [0, 0.05) is 34.3 Å². The van der Waals surface area contributed by atoms with Crippen molar-refractivity contribution in [1.82, 2.24) is 4.98 Å². The van der Waals surface area contributed by atoms with Crippen LogP contribution in [0.4, 0.5) is 5.69 Å². The van der Waals surface area contributed by atoms with Crippen molar-refractivity contribution in [3.8, 4) is 0 Å². The van der Waals surface area contributed by atoms with Gasteiger partial charge in [-0.1, -0.05) is 60.2 Å². The molecule has 0 unspecified atom stereocenters. The Morgan fingerprint density at radius 3 is 2.59 bits per heavy atom. The summed E-state index contributed by atoms with van der Waals surface area (Å²) in [4.78, 5) is 6.86. The standard InChI is InChI=1S/C24H18N2.ClH/c1-16-7-6-8-17(13-16)24(20-14-25-22-11-4-2-9-18(20)22)21-15-26-23-12-5-3-10-19(21)23;/h2-15,25H,1H3;1H. The molecule has 5 rings (SSSR count). The maximum absolute atomic E-state index is 3.43. The average Bonchev–Trinajstić information content (AvgIpc) is 3.28. The second kappa shape index (κ2) is 6.90. The van der Waals surface area contributed by atoms with E-state index in [1.807, 2.05) is 0 Å². The largest absolute Gasteiger partial charge is 1.00 e. The van der Waals surface area contributed by atoms with Gasteiger partial charge in [0.05, 0.1) is 11.1 Å². The van der Waals surface area contributed by atoms with Crippen molar-refractivity contribution >= 4 is 34.0 Å². The number of aromatic nitrogens is 1. The Morgan fingerprint density at radius 2 is 1.70 bits per heavy atom.